The number of esters is 1. The number of hydrogen-bond acceptors (Lipinski definition) is 7. The molecule has 7 nitrogen and oxygen atoms in total. The first-order chi connectivity index (χ1) is 11.0. The Morgan fingerprint density at radius 1 is 1.26 bits per heavy atom. The second-order valence-corrected chi connectivity index (χ2v) is 4.91. The Morgan fingerprint density at radius 2 is 2.04 bits per heavy atom. The second kappa shape index (κ2) is 7.44. The van der Waals surface area contributed by atoms with Gasteiger partial charge in [-0.25, -0.2) is 4.79 Å². The summed E-state index contributed by atoms with van der Waals surface area (Å²) in [6.45, 7) is 3.53. The molecule has 7 heteroatoms. The number of rotatable bonds is 6. The predicted molar refractivity (Wildman–Crippen MR) is 82.1 cm³/mol. The number of allylic oxidation sites excluding steroid dienone is 1. The van der Waals surface area contributed by atoms with E-state index >= 15 is 0 Å². The third kappa shape index (κ3) is 4.32. The molecule has 0 N–H and O–H groups in total. The van der Waals surface area contributed by atoms with Crippen LogP contribution in [-0.2, 0) is 16.1 Å². The largest absolute Gasteiger partial charge is 0.497 e. The Balaban J connectivity index is 2.13. The zero-order valence-electron chi connectivity index (χ0n) is 13.5. The van der Waals surface area contributed by atoms with Crippen molar-refractivity contribution in [1.29, 1.82) is 0 Å². The SMILES string of the molecule is COc1ccc(-c2noc(COC(=O)C=C(C)C)n2)c(OC)c1. The Hall–Kier alpha value is -2.83. The smallest absolute Gasteiger partial charge is 0.331 e. The molecule has 0 aliphatic heterocycles. The van der Waals surface area contributed by atoms with E-state index in [1.54, 1.807) is 32.4 Å². The molecule has 0 saturated heterocycles. The summed E-state index contributed by atoms with van der Waals surface area (Å²) in [5, 5.41) is 3.88. The molecule has 0 aliphatic carbocycles. The summed E-state index contributed by atoms with van der Waals surface area (Å²) in [6.07, 6.45) is 1.39. The fraction of sp³-hybridized carbons (Fsp3) is 0.312. The van der Waals surface area contributed by atoms with Crippen molar-refractivity contribution in [2.45, 2.75) is 20.5 Å². The van der Waals surface area contributed by atoms with Crippen LogP contribution in [0.3, 0.4) is 0 Å². The predicted octanol–water partition coefficient (Wildman–Crippen LogP) is 2.76. The number of carbonyl (C=O) groups is 1. The van der Waals surface area contributed by atoms with E-state index < -0.39 is 5.97 Å². The quantitative estimate of drug-likeness (QED) is 0.598. The molecular weight excluding hydrogens is 300 g/mol. The zero-order chi connectivity index (χ0) is 16.8. The van der Waals surface area contributed by atoms with Crippen LogP contribution in [0.4, 0.5) is 0 Å². The van der Waals surface area contributed by atoms with Crippen LogP contribution in [0.25, 0.3) is 11.4 Å². The van der Waals surface area contributed by atoms with Gasteiger partial charge in [0.25, 0.3) is 5.89 Å². The highest BCUT2D eigenvalue weighted by molar-refractivity contribution is 5.82. The maximum atomic E-state index is 11.5. The molecule has 0 spiro atoms. The molecule has 23 heavy (non-hydrogen) atoms. The minimum Gasteiger partial charge on any atom is -0.497 e. The van der Waals surface area contributed by atoms with Crippen LogP contribution in [0.15, 0.2) is 34.4 Å². The third-order valence-corrected chi connectivity index (χ3v) is 2.86. The van der Waals surface area contributed by atoms with E-state index in [1.165, 1.54) is 6.08 Å². The zero-order valence-corrected chi connectivity index (χ0v) is 13.5. The molecular formula is C16H18N2O5. The van der Waals surface area contributed by atoms with Gasteiger partial charge in [-0.2, -0.15) is 4.98 Å². The van der Waals surface area contributed by atoms with Crippen LogP contribution in [0, 0.1) is 0 Å². The van der Waals surface area contributed by atoms with Gasteiger partial charge in [-0.3, -0.25) is 0 Å². The summed E-state index contributed by atoms with van der Waals surface area (Å²) in [4.78, 5) is 15.7. The van der Waals surface area contributed by atoms with Gasteiger partial charge in [-0.15, -0.1) is 0 Å². The van der Waals surface area contributed by atoms with Gasteiger partial charge in [0, 0.05) is 12.1 Å². The average molecular weight is 318 g/mol. The molecule has 0 fully saturated rings. The first-order valence-corrected chi connectivity index (χ1v) is 6.90. The number of hydrogen-bond donors (Lipinski definition) is 0. The maximum Gasteiger partial charge on any atom is 0.331 e. The van der Waals surface area contributed by atoms with Crippen LogP contribution >= 0.6 is 0 Å². The van der Waals surface area contributed by atoms with E-state index in [2.05, 4.69) is 10.1 Å². The molecule has 0 amide bonds. The summed E-state index contributed by atoms with van der Waals surface area (Å²) in [5.74, 6) is 1.31. The highest BCUT2D eigenvalue weighted by Crippen LogP contribution is 2.31. The molecule has 0 atom stereocenters. The monoisotopic (exact) mass is 318 g/mol. The lowest BCUT2D eigenvalue weighted by atomic mass is 10.2. The molecule has 1 aromatic heterocycles. The summed E-state index contributed by atoms with van der Waals surface area (Å²) in [6, 6.07) is 5.25. The fourth-order valence-corrected chi connectivity index (χ4v) is 1.82. The topological polar surface area (TPSA) is 83.7 Å². The standard InChI is InChI=1S/C16H18N2O5/c1-10(2)7-15(19)22-9-14-17-16(18-23-14)12-6-5-11(20-3)8-13(12)21-4/h5-8H,9H2,1-4H3. The lowest BCUT2D eigenvalue weighted by Crippen LogP contribution is -2.01. The Bertz CT molecular complexity index is 717. The molecule has 0 radical (unpaired) electrons. The van der Waals surface area contributed by atoms with Crippen LogP contribution in [-0.4, -0.2) is 30.3 Å². The van der Waals surface area contributed by atoms with E-state index in [9.17, 15) is 4.79 Å². The lowest BCUT2D eigenvalue weighted by molar-refractivity contribution is -0.139. The Kier molecular flexibility index (Phi) is 5.35. The molecule has 2 rings (SSSR count). The molecule has 0 unspecified atom stereocenters. The number of benzene rings is 1. The maximum absolute atomic E-state index is 11.5. The van der Waals surface area contributed by atoms with Gasteiger partial charge >= 0.3 is 5.97 Å². The summed E-state index contributed by atoms with van der Waals surface area (Å²) >= 11 is 0. The summed E-state index contributed by atoms with van der Waals surface area (Å²) < 4.78 is 20.5. The first-order valence-electron chi connectivity index (χ1n) is 6.90. The lowest BCUT2D eigenvalue weighted by Gasteiger charge is -2.07. The Labute approximate surface area is 133 Å². The van der Waals surface area contributed by atoms with Gasteiger partial charge in [-0.1, -0.05) is 10.7 Å². The van der Waals surface area contributed by atoms with Crippen LogP contribution in [0.1, 0.15) is 19.7 Å². The van der Waals surface area contributed by atoms with E-state index in [0.717, 1.165) is 5.57 Å². The normalized spacial score (nSPS) is 10.1. The van der Waals surface area contributed by atoms with Gasteiger partial charge in [0.1, 0.15) is 11.5 Å². The molecule has 0 aliphatic rings. The van der Waals surface area contributed by atoms with E-state index in [4.69, 9.17) is 18.7 Å². The minimum atomic E-state index is -0.452. The molecule has 0 saturated carbocycles. The fourth-order valence-electron chi connectivity index (χ4n) is 1.82. The van der Waals surface area contributed by atoms with E-state index in [0.29, 0.717) is 22.9 Å². The van der Waals surface area contributed by atoms with Crippen molar-refractivity contribution in [1.82, 2.24) is 10.1 Å². The highest BCUT2D eigenvalue weighted by Gasteiger charge is 2.15. The number of ether oxygens (including phenoxy) is 3. The van der Waals surface area contributed by atoms with Crippen molar-refractivity contribution in [3.8, 4) is 22.9 Å². The molecule has 1 heterocycles. The number of methoxy groups -OCH3 is 2. The minimum absolute atomic E-state index is 0.0892. The number of carbonyl (C=O) groups excluding carboxylic acids is 1. The second-order valence-electron chi connectivity index (χ2n) is 4.91. The highest BCUT2D eigenvalue weighted by atomic mass is 16.6. The van der Waals surface area contributed by atoms with Gasteiger partial charge in [0.2, 0.25) is 5.82 Å². The van der Waals surface area contributed by atoms with Gasteiger partial charge in [0.05, 0.1) is 19.8 Å². The number of nitrogens with zero attached hydrogens (tertiary/aromatic N) is 2. The summed E-state index contributed by atoms with van der Waals surface area (Å²) in [5.41, 5.74) is 1.50. The van der Waals surface area contributed by atoms with Gasteiger partial charge in [-0.05, 0) is 26.0 Å². The van der Waals surface area contributed by atoms with Crippen LogP contribution in [0.5, 0.6) is 11.5 Å². The number of aromatic nitrogens is 2. The van der Waals surface area contributed by atoms with E-state index in [1.807, 2.05) is 13.8 Å². The Morgan fingerprint density at radius 3 is 2.70 bits per heavy atom. The van der Waals surface area contributed by atoms with Crippen molar-refractivity contribution in [3.63, 3.8) is 0 Å². The van der Waals surface area contributed by atoms with Gasteiger partial charge in [0.15, 0.2) is 6.61 Å². The van der Waals surface area contributed by atoms with E-state index in [-0.39, 0.29) is 12.5 Å². The molecule has 2 aromatic rings. The first kappa shape index (κ1) is 16.5. The summed E-state index contributed by atoms with van der Waals surface area (Å²) in [7, 11) is 3.11. The third-order valence-electron chi connectivity index (χ3n) is 2.86. The van der Waals surface area contributed by atoms with Crippen molar-refractivity contribution < 1.29 is 23.5 Å². The van der Waals surface area contributed by atoms with Crippen molar-refractivity contribution in [2.75, 3.05) is 14.2 Å². The van der Waals surface area contributed by atoms with Crippen molar-refractivity contribution >= 4 is 5.97 Å². The van der Waals surface area contributed by atoms with Gasteiger partial charge < -0.3 is 18.7 Å². The molecule has 0 bridgehead atoms. The van der Waals surface area contributed by atoms with Crippen LogP contribution < -0.4 is 9.47 Å². The molecule has 122 valence electrons. The average Bonchev–Trinajstić information content (AvgIpc) is 3.00. The molecule has 1 aromatic carbocycles. The van der Waals surface area contributed by atoms with Crippen LogP contribution in [0.2, 0.25) is 0 Å². The van der Waals surface area contributed by atoms with Crippen molar-refractivity contribution in [2.24, 2.45) is 0 Å². The van der Waals surface area contributed by atoms with Crippen molar-refractivity contribution in [3.05, 3.63) is 35.7 Å².